The van der Waals surface area contributed by atoms with Crippen LogP contribution in [0.5, 0.6) is 0 Å². The van der Waals surface area contributed by atoms with Gasteiger partial charge in [0.25, 0.3) is 0 Å². The Balaban J connectivity index is 1.89. The van der Waals surface area contributed by atoms with Gasteiger partial charge in [-0.05, 0) is 32.6 Å². The van der Waals surface area contributed by atoms with Gasteiger partial charge in [-0.2, -0.15) is 0 Å². The molecule has 1 aliphatic rings. The van der Waals surface area contributed by atoms with E-state index in [1.807, 2.05) is 0 Å². The van der Waals surface area contributed by atoms with Gasteiger partial charge >= 0.3 is 0 Å². The molecule has 0 aromatic rings. The molecule has 3 heteroatoms. The Kier molecular flexibility index (Phi) is 11.1. The number of hydrogen-bond donors (Lipinski definition) is 1. The topological polar surface area (TPSA) is 41.6 Å². The van der Waals surface area contributed by atoms with Crippen molar-refractivity contribution in [2.45, 2.75) is 90.6 Å². The number of unbranched alkanes of at least 4 members (excludes halogenated alkanes) is 8. The maximum Gasteiger partial charge on any atom is 0.100 e. The largest absolute Gasteiger partial charge is 0.343 e. The number of nitrogens with zero attached hydrogens (tertiary/aromatic N) is 2. The lowest BCUT2D eigenvalue weighted by atomic mass is 10.1. The molecule has 0 aromatic heterocycles. The van der Waals surface area contributed by atoms with Gasteiger partial charge in [-0.15, -0.1) is 0 Å². The number of hydrogen-bond acceptors (Lipinski definition) is 3. The summed E-state index contributed by atoms with van der Waals surface area (Å²) in [5.74, 6) is 1.24. The van der Waals surface area contributed by atoms with E-state index in [0.29, 0.717) is 0 Å². The molecule has 0 aliphatic carbocycles. The van der Waals surface area contributed by atoms with Crippen LogP contribution in [0.15, 0.2) is 17.1 Å². The molecule has 0 bridgehead atoms. The lowest BCUT2D eigenvalue weighted by Crippen LogP contribution is -2.41. The zero-order valence-electron chi connectivity index (χ0n) is 14.9. The normalized spacial score (nSPS) is 16.5. The third-order valence-electron chi connectivity index (χ3n) is 4.37. The predicted octanol–water partition coefficient (Wildman–Crippen LogP) is 4.87. The Morgan fingerprint density at radius 3 is 2.36 bits per heavy atom. The zero-order valence-corrected chi connectivity index (χ0v) is 14.9. The Labute approximate surface area is 138 Å². The Morgan fingerprint density at radius 1 is 1.05 bits per heavy atom. The molecule has 1 rings (SSSR count). The molecule has 128 valence electrons. The fraction of sp³-hybridized carbons (Fsp3) is 0.842. The summed E-state index contributed by atoms with van der Waals surface area (Å²) >= 11 is 0. The zero-order chi connectivity index (χ0) is 16.0. The van der Waals surface area contributed by atoms with E-state index in [4.69, 9.17) is 5.73 Å². The molecule has 2 N–H and O–H groups in total. The number of allylic oxidation sites excluding steroid dienone is 2. The Morgan fingerprint density at radius 2 is 1.68 bits per heavy atom. The number of amidine groups is 1. The van der Waals surface area contributed by atoms with Crippen molar-refractivity contribution in [2.24, 2.45) is 10.7 Å². The van der Waals surface area contributed by atoms with Crippen LogP contribution in [-0.2, 0) is 0 Å². The quantitative estimate of drug-likeness (QED) is 0.389. The Hall–Kier alpha value is -0.830. The van der Waals surface area contributed by atoms with Crippen LogP contribution in [0.25, 0.3) is 0 Å². The minimum Gasteiger partial charge on any atom is -0.343 e. The summed E-state index contributed by atoms with van der Waals surface area (Å²) in [6.45, 7) is 6.25. The van der Waals surface area contributed by atoms with E-state index in [2.05, 4.69) is 35.9 Å². The second-order valence-electron chi connectivity index (χ2n) is 6.51. The molecule has 1 heterocycles. The highest BCUT2D eigenvalue weighted by molar-refractivity contribution is 5.83. The molecule has 0 spiro atoms. The number of aliphatic imine (C=N–C) groups is 1. The van der Waals surface area contributed by atoms with E-state index >= 15 is 0 Å². The maximum atomic E-state index is 5.96. The van der Waals surface area contributed by atoms with Gasteiger partial charge in [-0.3, -0.25) is 4.99 Å². The summed E-state index contributed by atoms with van der Waals surface area (Å²) in [6, 6.07) is 0. The fourth-order valence-electron chi connectivity index (χ4n) is 2.98. The molecule has 0 radical (unpaired) electrons. The van der Waals surface area contributed by atoms with Gasteiger partial charge in [0.15, 0.2) is 0 Å². The smallest absolute Gasteiger partial charge is 0.100 e. The summed E-state index contributed by atoms with van der Waals surface area (Å²) in [5, 5.41) is 0. The first-order valence-electron chi connectivity index (χ1n) is 9.46. The van der Waals surface area contributed by atoms with Crippen LogP contribution in [0, 0.1) is 0 Å². The Bertz CT molecular complexity index is 321. The molecule has 1 aliphatic heterocycles. The summed E-state index contributed by atoms with van der Waals surface area (Å²) in [5.41, 5.74) is 5.96. The lowest BCUT2D eigenvalue weighted by molar-refractivity contribution is 0.358. The van der Waals surface area contributed by atoms with Gasteiger partial charge in [0.1, 0.15) is 5.84 Å². The van der Waals surface area contributed by atoms with Gasteiger partial charge in [0, 0.05) is 13.0 Å². The van der Waals surface area contributed by atoms with Crippen molar-refractivity contribution in [3.05, 3.63) is 12.2 Å². The van der Waals surface area contributed by atoms with Crippen molar-refractivity contribution in [1.82, 2.24) is 4.90 Å². The molecule has 0 amide bonds. The van der Waals surface area contributed by atoms with Crippen LogP contribution in [0.2, 0.25) is 0 Å². The average molecular weight is 308 g/mol. The predicted molar refractivity (Wildman–Crippen MR) is 98.3 cm³/mol. The monoisotopic (exact) mass is 307 g/mol. The summed E-state index contributed by atoms with van der Waals surface area (Å²) in [7, 11) is 0. The van der Waals surface area contributed by atoms with Crippen molar-refractivity contribution >= 4 is 5.84 Å². The second-order valence-corrected chi connectivity index (χ2v) is 6.51. The number of nitrogens with two attached hydrogens (primary N) is 1. The molecular formula is C19H37N3. The van der Waals surface area contributed by atoms with E-state index in [9.17, 15) is 0 Å². The third kappa shape index (κ3) is 8.57. The van der Waals surface area contributed by atoms with Gasteiger partial charge in [-0.1, -0.05) is 57.6 Å². The molecular weight excluding hydrogens is 270 g/mol. The SMILES string of the molecule is CCCC/C=C/CCCCCCCCC1=NCCN1C(C)N. The van der Waals surface area contributed by atoms with Crippen molar-refractivity contribution in [3.8, 4) is 0 Å². The molecule has 1 unspecified atom stereocenters. The van der Waals surface area contributed by atoms with E-state index < -0.39 is 0 Å². The molecule has 0 saturated heterocycles. The third-order valence-corrected chi connectivity index (χ3v) is 4.37. The van der Waals surface area contributed by atoms with Crippen LogP contribution < -0.4 is 5.73 Å². The van der Waals surface area contributed by atoms with Crippen molar-refractivity contribution in [1.29, 1.82) is 0 Å². The lowest BCUT2D eigenvalue weighted by Gasteiger charge is -2.24. The highest BCUT2D eigenvalue weighted by atomic mass is 15.3. The average Bonchev–Trinajstić information content (AvgIpc) is 2.97. The highest BCUT2D eigenvalue weighted by Crippen LogP contribution is 2.13. The molecule has 1 atom stereocenters. The van der Waals surface area contributed by atoms with E-state index in [1.54, 1.807) is 0 Å². The first-order valence-corrected chi connectivity index (χ1v) is 9.46. The van der Waals surface area contributed by atoms with Crippen molar-refractivity contribution in [2.75, 3.05) is 13.1 Å². The van der Waals surface area contributed by atoms with E-state index in [1.165, 1.54) is 70.0 Å². The molecule has 0 saturated carbocycles. The van der Waals surface area contributed by atoms with Crippen LogP contribution >= 0.6 is 0 Å². The van der Waals surface area contributed by atoms with Crippen LogP contribution in [0.3, 0.4) is 0 Å². The van der Waals surface area contributed by atoms with E-state index in [0.717, 1.165) is 19.5 Å². The molecule has 3 nitrogen and oxygen atoms in total. The maximum absolute atomic E-state index is 5.96. The number of rotatable bonds is 13. The first kappa shape index (κ1) is 19.2. The second kappa shape index (κ2) is 12.7. The summed E-state index contributed by atoms with van der Waals surface area (Å²) in [6.07, 6.45) is 19.2. The van der Waals surface area contributed by atoms with E-state index in [-0.39, 0.29) is 6.17 Å². The molecule has 22 heavy (non-hydrogen) atoms. The fourth-order valence-corrected chi connectivity index (χ4v) is 2.98. The molecule has 0 aromatic carbocycles. The van der Waals surface area contributed by atoms with Gasteiger partial charge < -0.3 is 10.6 Å². The van der Waals surface area contributed by atoms with Gasteiger partial charge in [-0.25, -0.2) is 0 Å². The first-order chi connectivity index (χ1) is 10.8. The van der Waals surface area contributed by atoms with Gasteiger partial charge in [0.05, 0.1) is 12.7 Å². The standard InChI is InChI=1S/C19H37N3/c1-3-4-5-6-7-8-9-10-11-12-13-14-15-19-21-16-17-22(19)18(2)20/h6-7,18H,3-5,8-17,20H2,1-2H3/b7-6+. The minimum atomic E-state index is 0.117. The minimum absolute atomic E-state index is 0.117. The van der Waals surface area contributed by atoms with Crippen LogP contribution in [0.1, 0.15) is 84.5 Å². The summed E-state index contributed by atoms with van der Waals surface area (Å²) < 4.78 is 0. The molecule has 0 fully saturated rings. The van der Waals surface area contributed by atoms with Crippen LogP contribution in [0.4, 0.5) is 0 Å². The van der Waals surface area contributed by atoms with Crippen molar-refractivity contribution < 1.29 is 0 Å². The highest BCUT2D eigenvalue weighted by Gasteiger charge is 2.18. The van der Waals surface area contributed by atoms with Crippen LogP contribution in [-0.4, -0.2) is 30.0 Å². The van der Waals surface area contributed by atoms with Crippen molar-refractivity contribution in [3.63, 3.8) is 0 Å². The van der Waals surface area contributed by atoms with Gasteiger partial charge in [0.2, 0.25) is 0 Å². The summed E-state index contributed by atoms with van der Waals surface area (Å²) in [4.78, 5) is 6.84.